The smallest absolute Gasteiger partial charge is 0.328 e. The van der Waals surface area contributed by atoms with Gasteiger partial charge in [-0.3, -0.25) is 4.79 Å². The van der Waals surface area contributed by atoms with E-state index in [0.717, 1.165) is 6.29 Å². The van der Waals surface area contributed by atoms with Crippen LogP contribution in [-0.2, 0) is 9.53 Å². The minimum absolute atomic E-state index is 0.312. The van der Waals surface area contributed by atoms with Crippen molar-refractivity contribution in [1.82, 2.24) is 4.57 Å². The highest BCUT2D eigenvalue weighted by Crippen LogP contribution is 2.21. The molecule has 1 aromatic rings. The van der Waals surface area contributed by atoms with E-state index in [2.05, 4.69) is 0 Å². The first-order chi connectivity index (χ1) is 7.60. The molecule has 1 atom stereocenters. The zero-order valence-electron chi connectivity index (χ0n) is 9.84. The summed E-state index contributed by atoms with van der Waals surface area (Å²) >= 11 is 0. The average Bonchev–Trinajstić information content (AvgIpc) is 2.72. The van der Waals surface area contributed by atoms with E-state index in [0.29, 0.717) is 18.0 Å². The Kier molecular flexibility index (Phi) is 4.28. The van der Waals surface area contributed by atoms with Gasteiger partial charge in [0, 0.05) is 6.20 Å². The first kappa shape index (κ1) is 12.5. The van der Waals surface area contributed by atoms with E-state index in [9.17, 15) is 9.59 Å². The Morgan fingerprint density at radius 2 is 2.25 bits per heavy atom. The number of methoxy groups -OCH3 is 1. The minimum Gasteiger partial charge on any atom is -0.467 e. The van der Waals surface area contributed by atoms with Crippen LogP contribution in [-0.4, -0.2) is 23.9 Å². The number of esters is 1. The second-order valence-corrected chi connectivity index (χ2v) is 4.13. The molecular weight excluding hydrogens is 206 g/mol. The van der Waals surface area contributed by atoms with Crippen LogP contribution >= 0.6 is 0 Å². The molecule has 4 nitrogen and oxygen atoms in total. The molecule has 0 aliphatic rings. The van der Waals surface area contributed by atoms with Crippen molar-refractivity contribution in [3.8, 4) is 0 Å². The third kappa shape index (κ3) is 2.72. The molecule has 0 aromatic carbocycles. The first-order valence-electron chi connectivity index (χ1n) is 5.30. The molecule has 0 radical (unpaired) electrons. The molecule has 0 saturated carbocycles. The number of aldehydes is 1. The monoisotopic (exact) mass is 223 g/mol. The Morgan fingerprint density at radius 1 is 1.56 bits per heavy atom. The van der Waals surface area contributed by atoms with Crippen molar-refractivity contribution in [2.45, 2.75) is 26.3 Å². The van der Waals surface area contributed by atoms with Crippen molar-refractivity contribution in [3.05, 3.63) is 24.0 Å². The van der Waals surface area contributed by atoms with Crippen LogP contribution in [0.2, 0.25) is 0 Å². The molecule has 0 saturated heterocycles. The summed E-state index contributed by atoms with van der Waals surface area (Å²) in [5.74, 6) is 0.0407. The summed E-state index contributed by atoms with van der Waals surface area (Å²) in [6.07, 6.45) is 3.13. The van der Waals surface area contributed by atoms with Gasteiger partial charge < -0.3 is 9.30 Å². The fourth-order valence-electron chi connectivity index (χ4n) is 1.70. The molecule has 0 N–H and O–H groups in total. The van der Waals surface area contributed by atoms with Crippen molar-refractivity contribution in [2.75, 3.05) is 7.11 Å². The molecule has 0 amide bonds. The van der Waals surface area contributed by atoms with Gasteiger partial charge in [-0.05, 0) is 24.5 Å². The lowest BCUT2D eigenvalue weighted by molar-refractivity contribution is -0.145. The maximum atomic E-state index is 11.7. The van der Waals surface area contributed by atoms with Gasteiger partial charge in [-0.2, -0.15) is 0 Å². The molecule has 88 valence electrons. The van der Waals surface area contributed by atoms with Crippen molar-refractivity contribution < 1.29 is 14.3 Å². The zero-order valence-corrected chi connectivity index (χ0v) is 9.84. The van der Waals surface area contributed by atoms with Gasteiger partial charge >= 0.3 is 5.97 Å². The lowest BCUT2D eigenvalue weighted by atomic mass is 10.0. The number of aromatic nitrogens is 1. The lowest BCUT2D eigenvalue weighted by Crippen LogP contribution is -2.23. The van der Waals surface area contributed by atoms with Crippen LogP contribution in [0.3, 0.4) is 0 Å². The Labute approximate surface area is 95.2 Å². The molecule has 0 aliphatic heterocycles. The summed E-state index contributed by atoms with van der Waals surface area (Å²) in [4.78, 5) is 22.5. The van der Waals surface area contributed by atoms with E-state index in [1.54, 1.807) is 22.9 Å². The number of carbonyl (C=O) groups is 2. The van der Waals surface area contributed by atoms with Gasteiger partial charge in [0.2, 0.25) is 0 Å². The fourth-order valence-corrected chi connectivity index (χ4v) is 1.70. The van der Waals surface area contributed by atoms with Crippen molar-refractivity contribution in [2.24, 2.45) is 5.92 Å². The molecule has 1 rings (SSSR count). The van der Waals surface area contributed by atoms with Crippen LogP contribution in [0.15, 0.2) is 18.3 Å². The van der Waals surface area contributed by atoms with Crippen LogP contribution in [0, 0.1) is 5.92 Å². The Bertz CT molecular complexity index is 368. The average molecular weight is 223 g/mol. The first-order valence-corrected chi connectivity index (χ1v) is 5.30. The van der Waals surface area contributed by atoms with Crippen LogP contribution < -0.4 is 0 Å². The number of hydrogen-bond acceptors (Lipinski definition) is 3. The van der Waals surface area contributed by atoms with Crippen LogP contribution in [0.4, 0.5) is 0 Å². The Balaban J connectivity index is 3.00. The Hall–Kier alpha value is -1.58. The fraction of sp³-hybridized carbons (Fsp3) is 0.500. The summed E-state index contributed by atoms with van der Waals surface area (Å²) < 4.78 is 6.43. The van der Waals surface area contributed by atoms with E-state index >= 15 is 0 Å². The molecule has 0 fully saturated rings. The van der Waals surface area contributed by atoms with E-state index in [1.807, 2.05) is 13.8 Å². The molecule has 0 aliphatic carbocycles. The summed E-state index contributed by atoms with van der Waals surface area (Å²) in [7, 11) is 1.36. The van der Waals surface area contributed by atoms with Gasteiger partial charge in [-0.25, -0.2) is 4.79 Å². The van der Waals surface area contributed by atoms with Crippen molar-refractivity contribution in [1.29, 1.82) is 0 Å². The molecule has 1 heterocycles. The van der Waals surface area contributed by atoms with Crippen LogP contribution in [0.1, 0.15) is 36.8 Å². The highest BCUT2D eigenvalue weighted by atomic mass is 16.5. The summed E-state index contributed by atoms with van der Waals surface area (Å²) in [5.41, 5.74) is 0.496. The van der Waals surface area contributed by atoms with Crippen molar-refractivity contribution >= 4 is 12.3 Å². The van der Waals surface area contributed by atoms with E-state index in [-0.39, 0.29) is 5.97 Å². The normalized spacial score (nSPS) is 12.5. The lowest BCUT2D eigenvalue weighted by Gasteiger charge is -2.19. The molecule has 4 heteroatoms. The van der Waals surface area contributed by atoms with Gasteiger partial charge in [0.05, 0.1) is 12.8 Å². The van der Waals surface area contributed by atoms with Gasteiger partial charge in [0.25, 0.3) is 0 Å². The second-order valence-electron chi connectivity index (χ2n) is 4.13. The van der Waals surface area contributed by atoms with E-state index < -0.39 is 6.04 Å². The van der Waals surface area contributed by atoms with Gasteiger partial charge in [-0.1, -0.05) is 13.8 Å². The quantitative estimate of drug-likeness (QED) is 0.567. The molecule has 0 unspecified atom stereocenters. The van der Waals surface area contributed by atoms with Crippen LogP contribution in [0.25, 0.3) is 0 Å². The van der Waals surface area contributed by atoms with Crippen LogP contribution in [0.5, 0.6) is 0 Å². The van der Waals surface area contributed by atoms with E-state index in [4.69, 9.17) is 4.74 Å². The van der Waals surface area contributed by atoms with E-state index in [1.165, 1.54) is 7.11 Å². The minimum atomic E-state index is -0.416. The predicted octanol–water partition coefficient (Wildman–Crippen LogP) is 2.06. The molecular formula is C12H17NO3. The molecule has 0 spiro atoms. The number of rotatable bonds is 5. The molecule has 1 aromatic heterocycles. The molecule has 16 heavy (non-hydrogen) atoms. The largest absolute Gasteiger partial charge is 0.467 e. The third-order valence-corrected chi connectivity index (χ3v) is 2.44. The number of carbonyl (C=O) groups excluding carboxylic acids is 2. The van der Waals surface area contributed by atoms with Gasteiger partial charge in [0.15, 0.2) is 6.29 Å². The maximum absolute atomic E-state index is 11.7. The zero-order chi connectivity index (χ0) is 12.1. The topological polar surface area (TPSA) is 48.3 Å². The number of nitrogens with zero attached hydrogens (tertiary/aromatic N) is 1. The van der Waals surface area contributed by atoms with Gasteiger partial charge in [0.1, 0.15) is 6.04 Å². The standard InChI is InChI=1S/C12H17NO3/c1-9(2)7-11(12(15)16-3)13-6-4-5-10(13)8-14/h4-6,8-9,11H,7H2,1-3H3/t11-/m0/s1. The Morgan fingerprint density at radius 3 is 2.75 bits per heavy atom. The highest BCUT2D eigenvalue weighted by Gasteiger charge is 2.23. The molecule has 0 bridgehead atoms. The highest BCUT2D eigenvalue weighted by molar-refractivity contribution is 5.78. The maximum Gasteiger partial charge on any atom is 0.328 e. The summed E-state index contributed by atoms with van der Waals surface area (Å²) in [5, 5.41) is 0. The number of ether oxygens (including phenoxy) is 1. The third-order valence-electron chi connectivity index (χ3n) is 2.44. The second kappa shape index (κ2) is 5.49. The predicted molar refractivity (Wildman–Crippen MR) is 60.3 cm³/mol. The SMILES string of the molecule is COC(=O)[C@H](CC(C)C)n1cccc1C=O. The number of hydrogen-bond donors (Lipinski definition) is 0. The summed E-state index contributed by atoms with van der Waals surface area (Å²) in [6, 6.07) is 3.02. The van der Waals surface area contributed by atoms with Crippen molar-refractivity contribution in [3.63, 3.8) is 0 Å². The summed E-state index contributed by atoms with van der Waals surface area (Å²) in [6.45, 7) is 4.06. The van der Waals surface area contributed by atoms with Gasteiger partial charge in [-0.15, -0.1) is 0 Å².